The van der Waals surface area contributed by atoms with E-state index < -0.39 is 0 Å². The predicted molar refractivity (Wildman–Crippen MR) is 136 cm³/mol. The first kappa shape index (κ1) is 23.0. The molecule has 33 heavy (non-hydrogen) atoms. The first-order valence-corrected chi connectivity index (χ1v) is 11.9. The van der Waals surface area contributed by atoms with Crippen molar-refractivity contribution >= 4 is 28.6 Å². The molecule has 1 amide bonds. The Hall–Kier alpha value is -3.15. The summed E-state index contributed by atoms with van der Waals surface area (Å²) in [6.45, 7) is 6.83. The molecule has 0 radical (unpaired) electrons. The third-order valence-electron chi connectivity index (χ3n) is 6.64. The first-order valence-electron chi connectivity index (χ1n) is 11.9. The fraction of sp³-hybridized carbons (Fsp3) is 0.444. The summed E-state index contributed by atoms with van der Waals surface area (Å²) in [4.78, 5) is 24.3. The number of amides is 1. The highest BCUT2D eigenvalue weighted by molar-refractivity contribution is 5.97. The summed E-state index contributed by atoms with van der Waals surface area (Å²) in [5, 5.41) is 7.81. The Morgan fingerprint density at radius 1 is 1.00 bits per heavy atom. The minimum absolute atomic E-state index is 0.0472. The highest BCUT2D eigenvalue weighted by Crippen LogP contribution is 2.28. The molecule has 0 saturated heterocycles. The van der Waals surface area contributed by atoms with Crippen molar-refractivity contribution in [2.75, 3.05) is 30.9 Å². The van der Waals surface area contributed by atoms with Crippen LogP contribution in [-0.4, -0.2) is 42.6 Å². The Morgan fingerprint density at radius 3 is 2.33 bits per heavy atom. The first-order chi connectivity index (χ1) is 15.8. The van der Waals surface area contributed by atoms with Crippen molar-refractivity contribution < 1.29 is 4.79 Å². The van der Waals surface area contributed by atoms with Gasteiger partial charge >= 0.3 is 0 Å². The van der Waals surface area contributed by atoms with E-state index in [9.17, 15) is 4.79 Å². The minimum atomic E-state index is 0.0472. The van der Waals surface area contributed by atoms with Gasteiger partial charge in [0, 0.05) is 37.6 Å². The number of fused-ring (bicyclic) bond motifs is 1. The van der Waals surface area contributed by atoms with Crippen LogP contribution in [0.25, 0.3) is 10.9 Å². The molecule has 0 aliphatic heterocycles. The number of nitrogens with one attached hydrogen (secondary N) is 2. The van der Waals surface area contributed by atoms with Crippen LogP contribution in [0, 0.1) is 26.7 Å². The third-order valence-corrected chi connectivity index (χ3v) is 6.64. The number of para-hydroxylation sites is 1. The average Bonchev–Trinajstić information content (AvgIpc) is 2.77. The number of hydrogen-bond donors (Lipinski definition) is 2. The summed E-state index contributed by atoms with van der Waals surface area (Å²) < 4.78 is 0. The Kier molecular flexibility index (Phi) is 6.82. The summed E-state index contributed by atoms with van der Waals surface area (Å²) in [6.07, 6.45) is 4.27. The number of carbonyl (C=O) groups excluding carboxylic acids is 1. The van der Waals surface area contributed by atoms with Crippen LogP contribution in [0.5, 0.6) is 0 Å². The number of benzene rings is 2. The van der Waals surface area contributed by atoms with Gasteiger partial charge in [-0.05, 0) is 75.6 Å². The van der Waals surface area contributed by atoms with Crippen LogP contribution in [0.15, 0.2) is 36.4 Å². The molecule has 1 saturated carbocycles. The molecule has 0 spiro atoms. The van der Waals surface area contributed by atoms with E-state index in [1.54, 1.807) is 0 Å². The number of aryl methyl sites for hydroxylation is 3. The molecule has 3 aromatic rings. The molecular weight excluding hydrogens is 410 g/mol. The monoisotopic (exact) mass is 445 g/mol. The topological polar surface area (TPSA) is 70.2 Å². The Balaban J connectivity index is 1.33. The zero-order chi connectivity index (χ0) is 23.5. The molecule has 1 fully saturated rings. The van der Waals surface area contributed by atoms with Gasteiger partial charge in [0.2, 0.25) is 5.95 Å². The smallest absolute Gasteiger partial charge is 0.251 e. The van der Waals surface area contributed by atoms with E-state index in [1.165, 1.54) is 5.56 Å². The summed E-state index contributed by atoms with van der Waals surface area (Å²) >= 11 is 0. The van der Waals surface area contributed by atoms with Crippen molar-refractivity contribution in [3.05, 3.63) is 58.7 Å². The van der Waals surface area contributed by atoms with Gasteiger partial charge in [-0.3, -0.25) is 4.79 Å². The number of nitrogens with zero attached hydrogens (tertiary/aromatic N) is 3. The predicted octanol–water partition coefficient (Wildman–Crippen LogP) is 5.02. The Bertz CT molecular complexity index is 1130. The van der Waals surface area contributed by atoms with Gasteiger partial charge < -0.3 is 15.5 Å². The molecule has 0 bridgehead atoms. The minimum Gasteiger partial charge on any atom is -0.362 e. The maximum absolute atomic E-state index is 12.8. The van der Waals surface area contributed by atoms with Crippen molar-refractivity contribution in [3.8, 4) is 0 Å². The van der Waals surface area contributed by atoms with Crippen LogP contribution in [0.4, 0.5) is 11.8 Å². The van der Waals surface area contributed by atoms with Crippen molar-refractivity contribution in [3.63, 3.8) is 0 Å². The second-order valence-electron chi connectivity index (χ2n) is 9.63. The van der Waals surface area contributed by atoms with Gasteiger partial charge in [0.25, 0.3) is 5.91 Å². The normalized spacial score (nSPS) is 18.2. The van der Waals surface area contributed by atoms with Crippen LogP contribution >= 0.6 is 0 Å². The standard InChI is InChI=1S/C27H35N5O/c1-17-14-18(2)24(19(3)15-17)26(33)28-16-20-10-12-21(13-11-20)29-27-30-23-9-7-6-8-22(23)25(31-27)32(4)5/h6-9,14-15,20-21H,10-13,16H2,1-5H3,(H,28,33)(H,29,30,31). The quantitative estimate of drug-likeness (QED) is 0.557. The van der Waals surface area contributed by atoms with Gasteiger partial charge in [0.05, 0.1) is 5.52 Å². The van der Waals surface area contributed by atoms with Crippen LogP contribution < -0.4 is 15.5 Å². The molecule has 1 heterocycles. The zero-order valence-corrected chi connectivity index (χ0v) is 20.4. The molecule has 2 aromatic carbocycles. The number of aromatic nitrogens is 2. The fourth-order valence-corrected chi connectivity index (χ4v) is 5.02. The molecule has 6 nitrogen and oxygen atoms in total. The van der Waals surface area contributed by atoms with Crippen molar-refractivity contribution in [2.45, 2.75) is 52.5 Å². The van der Waals surface area contributed by atoms with Crippen molar-refractivity contribution in [2.24, 2.45) is 5.92 Å². The second-order valence-corrected chi connectivity index (χ2v) is 9.63. The highest BCUT2D eigenvalue weighted by Gasteiger charge is 2.23. The largest absolute Gasteiger partial charge is 0.362 e. The van der Waals surface area contributed by atoms with E-state index in [2.05, 4.69) is 35.8 Å². The van der Waals surface area contributed by atoms with Crippen LogP contribution in [-0.2, 0) is 0 Å². The van der Waals surface area contributed by atoms with Gasteiger partial charge in [-0.15, -0.1) is 0 Å². The molecule has 1 aliphatic rings. The van der Waals surface area contributed by atoms with Crippen LogP contribution in [0.1, 0.15) is 52.7 Å². The summed E-state index contributed by atoms with van der Waals surface area (Å²) in [5.74, 6) is 2.18. The number of carbonyl (C=O) groups is 1. The molecule has 2 N–H and O–H groups in total. The van der Waals surface area contributed by atoms with E-state index >= 15 is 0 Å². The van der Waals surface area contributed by atoms with Gasteiger partial charge in [0.1, 0.15) is 5.82 Å². The lowest BCUT2D eigenvalue weighted by Gasteiger charge is -2.29. The average molecular weight is 446 g/mol. The SMILES string of the molecule is Cc1cc(C)c(C(=O)NCC2CCC(Nc3nc(N(C)C)c4ccccc4n3)CC2)c(C)c1. The summed E-state index contributed by atoms with van der Waals surface area (Å²) in [7, 11) is 4.02. The van der Waals surface area contributed by atoms with Gasteiger partial charge in [-0.25, -0.2) is 4.98 Å². The van der Waals surface area contributed by atoms with Gasteiger partial charge in [-0.2, -0.15) is 4.98 Å². The molecule has 4 rings (SSSR count). The third kappa shape index (κ3) is 5.27. The van der Waals surface area contributed by atoms with E-state index in [0.717, 1.165) is 65.6 Å². The van der Waals surface area contributed by atoms with E-state index in [4.69, 9.17) is 9.97 Å². The maximum atomic E-state index is 12.8. The Labute approximate surface area is 196 Å². The Morgan fingerprint density at radius 2 is 1.67 bits per heavy atom. The van der Waals surface area contributed by atoms with Crippen molar-refractivity contribution in [1.29, 1.82) is 0 Å². The lowest BCUT2D eigenvalue weighted by Crippen LogP contribution is -2.34. The van der Waals surface area contributed by atoms with Crippen LogP contribution in [0.3, 0.4) is 0 Å². The molecular formula is C27H35N5O. The van der Waals surface area contributed by atoms with Gasteiger partial charge in [0.15, 0.2) is 0 Å². The highest BCUT2D eigenvalue weighted by atomic mass is 16.1. The number of rotatable bonds is 6. The van der Waals surface area contributed by atoms with E-state index in [0.29, 0.717) is 17.9 Å². The van der Waals surface area contributed by atoms with Crippen LogP contribution in [0.2, 0.25) is 0 Å². The summed E-state index contributed by atoms with van der Waals surface area (Å²) in [5.41, 5.74) is 5.06. The van der Waals surface area contributed by atoms with E-state index in [1.807, 2.05) is 51.0 Å². The van der Waals surface area contributed by atoms with E-state index in [-0.39, 0.29) is 5.91 Å². The molecule has 6 heteroatoms. The molecule has 0 unspecified atom stereocenters. The molecule has 1 aromatic heterocycles. The molecule has 0 atom stereocenters. The second kappa shape index (κ2) is 9.77. The maximum Gasteiger partial charge on any atom is 0.251 e. The molecule has 1 aliphatic carbocycles. The zero-order valence-electron chi connectivity index (χ0n) is 20.4. The number of anilines is 2. The van der Waals surface area contributed by atoms with Crippen molar-refractivity contribution in [1.82, 2.24) is 15.3 Å². The number of hydrogen-bond acceptors (Lipinski definition) is 5. The fourth-order valence-electron chi connectivity index (χ4n) is 5.02. The molecule has 174 valence electrons. The lowest BCUT2D eigenvalue weighted by atomic mass is 9.86. The summed E-state index contributed by atoms with van der Waals surface area (Å²) in [6, 6.07) is 12.6. The van der Waals surface area contributed by atoms with Gasteiger partial charge in [-0.1, -0.05) is 29.8 Å². The lowest BCUT2D eigenvalue weighted by molar-refractivity contribution is 0.0942.